The van der Waals surface area contributed by atoms with Gasteiger partial charge in [-0.2, -0.15) is 0 Å². The summed E-state index contributed by atoms with van der Waals surface area (Å²) in [6, 6.07) is 0. The summed E-state index contributed by atoms with van der Waals surface area (Å²) >= 11 is 0. The van der Waals surface area contributed by atoms with E-state index in [1.54, 1.807) is 12.2 Å². The zero-order chi connectivity index (χ0) is 26.5. The van der Waals surface area contributed by atoms with Crippen LogP contribution in [0.2, 0.25) is 0 Å². The highest BCUT2D eigenvalue weighted by molar-refractivity contribution is 5.85. The summed E-state index contributed by atoms with van der Waals surface area (Å²) in [6.07, 6.45) is -7.69. The van der Waals surface area contributed by atoms with E-state index in [2.05, 4.69) is 0 Å². The topological polar surface area (TPSA) is 91.7 Å². The molecular weight excluding hydrogens is 320 g/mol. The number of carbonyl (C=O) groups excluding carboxylic acids is 2. The molecule has 0 saturated heterocycles. The number of allylic oxidation sites excluding steroid dienone is 2. The van der Waals surface area contributed by atoms with Crippen LogP contribution in [0.5, 0.6) is 0 Å². The molecule has 1 aliphatic carbocycles. The molecule has 2 N–H and O–H groups in total. The first-order valence-corrected chi connectivity index (χ1v) is 8.44. The second-order valence-electron chi connectivity index (χ2n) is 6.18. The molecule has 1 fully saturated rings. The van der Waals surface area contributed by atoms with E-state index in [-0.39, 0.29) is 31.5 Å². The number of aliphatic hydroxyl groups is 1. The van der Waals surface area contributed by atoms with E-state index >= 15 is 0 Å². The molecule has 0 aliphatic heterocycles. The van der Waals surface area contributed by atoms with Crippen molar-refractivity contribution in [2.24, 2.45) is 11.8 Å². The second-order valence-corrected chi connectivity index (χ2v) is 6.18. The fourth-order valence-electron chi connectivity index (χ4n) is 3.05. The highest BCUT2D eigenvalue weighted by atomic mass is 16.4. The van der Waals surface area contributed by atoms with Crippen molar-refractivity contribution in [2.75, 3.05) is 0 Å². The summed E-state index contributed by atoms with van der Waals surface area (Å²) < 4.78 is 68.1. The minimum absolute atomic E-state index is 0.00249. The van der Waals surface area contributed by atoms with Crippen LogP contribution in [0.3, 0.4) is 0 Å². The predicted molar refractivity (Wildman–Crippen MR) is 96.2 cm³/mol. The Balaban J connectivity index is 2.75. The van der Waals surface area contributed by atoms with Crippen LogP contribution in [0.15, 0.2) is 12.2 Å². The van der Waals surface area contributed by atoms with Crippen LogP contribution in [-0.2, 0) is 14.4 Å². The molecule has 142 valence electrons. The Morgan fingerprint density at radius 1 is 1.28 bits per heavy atom. The van der Waals surface area contributed by atoms with E-state index in [1.165, 1.54) is 0 Å². The molecule has 1 saturated carbocycles. The van der Waals surface area contributed by atoms with Crippen LogP contribution in [0.4, 0.5) is 0 Å². The van der Waals surface area contributed by atoms with Gasteiger partial charge in [0.25, 0.3) is 0 Å². The number of hydrogen-bond acceptors (Lipinski definition) is 4. The molecule has 3 atom stereocenters. The lowest BCUT2D eigenvalue weighted by Crippen LogP contribution is -2.21. The molecule has 0 unspecified atom stereocenters. The van der Waals surface area contributed by atoms with Gasteiger partial charge in [-0.05, 0) is 38.0 Å². The predicted octanol–water partition coefficient (Wildman–Crippen LogP) is 3.68. The highest BCUT2D eigenvalue weighted by Crippen LogP contribution is 2.35. The van der Waals surface area contributed by atoms with Gasteiger partial charge in [-0.15, -0.1) is 0 Å². The molecule has 0 bridgehead atoms. The maximum Gasteiger partial charge on any atom is 0.303 e. The lowest BCUT2D eigenvalue weighted by atomic mass is 9.86. The number of carboxylic acid groups (broad SMARTS) is 1. The molecule has 0 aromatic heterocycles. The van der Waals surface area contributed by atoms with Crippen LogP contribution in [-0.4, -0.2) is 33.9 Å². The molecule has 0 amide bonds. The molecule has 0 spiro atoms. The van der Waals surface area contributed by atoms with Crippen molar-refractivity contribution in [3.8, 4) is 0 Å². The Morgan fingerprint density at radius 3 is 2.80 bits per heavy atom. The Morgan fingerprint density at radius 2 is 2.08 bits per heavy atom. The smallest absolute Gasteiger partial charge is 0.303 e. The molecule has 0 heterocycles. The summed E-state index contributed by atoms with van der Waals surface area (Å²) in [5.41, 5.74) is 0. The molecular formula is C20H32O5. The number of ketones is 2. The van der Waals surface area contributed by atoms with Crippen LogP contribution in [0, 0.1) is 11.8 Å². The normalized spacial score (nSPS) is 31.0. The van der Waals surface area contributed by atoms with Gasteiger partial charge in [0.05, 0.1) is 6.10 Å². The standard InChI is InChI=1S/C20H32O5/c1-2-3-6-9-15(21)12-13-17-16(18(22)14-19(17)23)10-7-4-5-8-11-20(24)25/h4,7,16-18,22H,2-3,5-6,8-14H2,1H3,(H,24,25)/b7-4-/t16-,17-,18+/m1/s1/i1D3,2D2,3D2,6D2. The number of aliphatic carboxylic acids is 1. The molecule has 0 radical (unpaired) electrons. The molecule has 0 aromatic carbocycles. The molecule has 5 heteroatoms. The van der Waals surface area contributed by atoms with E-state index in [9.17, 15) is 19.5 Å². The third-order valence-corrected chi connectivity index (χ3v) is 4.34. The van der Waals surface area contributed by atoms with Crippen LogP contribution in [0.25, 0.3) is 0 Å². The van der Waals surface area contributed by atoms with Gasteiger partial charge in [0, 0.05) is 43.9 Å². The molecule has 25 heavy (non-hydrogen) atoms. The van der Waals surface area contributed by atoms with Crippen LogP contribution in [0.1, 0.15) is 89.7 Å². The number of carboxylic acids is 1. The molecule has 1 rings (SSSR count). The largest absolute Gasteiger partial charge is 0.481 e. The van der Waals surface area contributed by atoms with Crippen LogP contribution >= 0.6 is 0 Å². The van der Waals surface area contributed by atoms with Crippen molar-refractivity contribution >= 4 is 17.5 Å². The average Bonchev–Trinajstić information content (AvgIpc) is 2.93. The number of unbranched alkanes of at least 4 members (excludes halogenated alkanes) is 1. The van der Waals surface area contributed by atoms with Crippen LogP contribution < -0.4 is 0 Å². The number of Topliss-reactive ketones (excluding diaryl/α,β-unsaturated/α-hetero) is 2. The summed E-state index contributed by atoms with van der Waals surface area (Å²) in [4.78, 5) is 35.2. The minimum atomic E-state index is -3.54. The third kappa shape index (κ3) is 8.43. The number of hydrogen-bond donors (Lipinski definition) is 2. The SMILES string of the molecule is [2H]C([2H])([2H])C([2H])([2H])C([2H])([2H])C([2H])([2H])CC(=O)CC[C@H]1C(=O)C[C@H](O)[C@@H]1C/C=C\CCCC(=O)O. The van der Waals surface area contributed by atoms with Gasteiger partial charge in [-0.1, -0.05) is 31.7 Å². The fourth-order valence-corrected chi connectivity index (χ4v) is 3.05. The van der Waals surface area contributed by atoms with E-state index in [4.69, 9.17) is 17.4 Å². The zero-order valence-corrected chi connectivity index (χ0v) is 14.2. The molecule has 5 nitrogen and oxygen atoms in total. The maximum atomic E-state index is 12.4. The third-order valence-electron chi connectivity index (χ3n) is 4.34. The van der Waals surface area contributed by atoms with Crippen molar-refractivity contribution < 1.29 is 36.9 Å². The number of carbonyl (C=O) groups is 3. The van der Waals surface area contributed by atoms with Crippen molar-refractivity contribution in [3.63, 3.8) is 0 Å². The first-order valence-electron chi connectivity index (χ1n) is 12.9. The Kier molecular flexibility index (Phi) is 5.39. The Labute approximate surface area is 163 Å². The van der Waals surface area contributed by atoms with Gasteiger partial charge in [-0.25, -0.2) is 0 Å². The van der Waals surface area contributed by atoms with E-state index in [0.29, 0.717) is 19.3 Å². The van der Waals surface area contributed by atoms with Gasteiger partial charge in [0.15, 0.2) is 0 Å². The van der Waals surface area contributed by atoms with E-state index in [1.807, 2.05) is 0 Å². The summed E-state index contributed by atoms with van der Waals surface area (Å²) in [6.45, 7) is -3.45. The molecule has 1 aliphatic rings. The minimum Gasteiger partial charge on any atom is -0.481 e. The van der Waals surface area contributed by atoms with Gasteiger partial charge in [0.2, 0.25) is 0 Å². The maximum absolute atomic E-state index is 12.4. The summed E-state index contributed by atoms with van der Waals surface area (Å²) in [7, 11) is 0. The quantitative estimate of drug-likeness (QED) is 0.386. The monoisotopic (exact) mass is 361 g/mol. The van der Waals surface area contributed by atoms with Crippen molar-refractivity contribution in [1.29, 1.82) is 0 Å². The van der Waals surface area contributed by atoms with E-state index in [0.717, 1.165) is 0 Å². The number of rotatable bonds is 13. The first kappa shape index (κ1) is 11.3. The molecule has 0 aromatic rings. The first-order chi connectivity index (χ1) is 15.3. The van der Waals surface area contributed by atoms with Gasteiger partial charge in [-0.3, -0.25) is 14.4 Å². The lowest BCUT2D eigenvalue weighted by Gasteiger charge is -2.19. The van der Waals surface area contributed by atoms with Crippen molar-refractivity contribution in [1.82, 2.24) is 0 Å². The van der Waals surface area contributed by atoms with E-state index < -0.39 is 62.1 Å². The van der Waals surface area contributed by atoms with Gasteiger partial charge in [0.1, 0.15) is 11.6 Å². The second kappa shape index (κ2) is 12.0. The summed E-state index contributed by atoms with van der Waals surface area (Å²) in [5.74, 6) is -3.07. The zero-order valence-electron chi connectivity index (χ0n) is 23.2. The summed E-state index contributed by atoms with van der Waals surface area (Å²) in [5, 5.41) is 18.8. The highest BCUT2D eigenvalue weighted by Gasteiger charge is 2.40. The van der Waals surface area contributed by atoms with Gasteiger partial charge >= 0.3 is 5.97 Å². The number of aliphatic hydroxyl groups excluding tert-OH is 1. The lowest BCUT2D eigenvalue weighted by molar-refractivity contribution is -0.137. The Hall–Kier alpha value is -1.49. The van der Waals surface area contributed by atoms with Crippen molar-refractivity contribution in [3.05, 3.63) is 12.2 Å². The average molecular weight is 362 g/mol. The Bertz CT molecular complexity index is 777. The fraction of sp³-hybridized carbons (Fsp3) is 0.750. The van der Waals surface area contributed by atoms with Gasteiger partial charge < -0.3 is 10.2 Å². The van der Waals surface area contributed by atoms with Crippen molar-refractivity contribution in [2.45, 2.75) is 83.4 Å².